The maximum atomic E-state index is 13.0. The normalized spacial score (nSPS) is 17.5. The molecule has 1 fully saturated rings. The van der Waals surface area contributed by atoms with E-state index >= 15 is 0 Å². The molecule has 0 bridgehead atoms. The first-order chi connectivity index (χ1) is 12.6. The molecular formula is C19H22N6O. The molecule has 0 N–H and O–H groups in total. The molecule has 134 valence electrons. The van der Waals surface area contributed by atoms with Crippen LogP contribution in [0.3, 0.4) is 0 Å². The molecule has 0 saturated carbocycles. The summed E-state index contributed by atoms with van der Waals surface area (Å²) >= 11 is 0. The molecule has 0 spiro atoms. The standard InChI is InChI=1S/C19H22N6O/c1-23(2)17-12-14(8-9-20-17)19(26)24-10-5-6-15(13-24)18-22-21-16-7-3-4-11-25(16)18/h3-4,7-9,11-12,15H,5-6,10,13H2,1-2H3/t15-/m0/s1. The average molecular weight is 350 g/mol. The molecule has 3 aromatic heterocycles. The van der Waals surface area contributed by atoms with Gasteiger partial charge < -0.3 is 9.80 Å². The molecule has 0 radical (unpaired) electrons. The van der Waals surface area contributed by atoms with E-state index in [-0.39, 0.29) is 11.8 Å². The number of aromatic nitrogens is 4. The fourth-order valence-electron chi connectivity index (χ4n) is 3.49. The highest BCUT2D eigenvalue weighted by molar-refractivity contribution is 5.95. The predicted molar refractivity (Wildman–Crippen MR) is 99.4 cm³/mol. The summed E-state index contributed by atoms with van der Waals surface area (Å²) in [6, 6.07) is 9.51. The zero-order valence-electron chi connectivity index (χ0n) is 15.0. The summed E-state index contributed by atoms with van der Waals surface area (Å²) in [5.74, 6) is 1.96. The number of carbonyl (C=O) groups is 1. The number of hydrogen-bond acceptors (Lipinski definition) is 5. The van der Waals surface area contributed by atoms with Crippen LogP contribution in [0.25, 0.3) is 5.65 Å². The number of carbonyl (C=O) groups excluding carboxylic acids is 1. The minimum atomic E-state index is 0.0500. The Labute approximate surface area is 152 Å². The zero-order chi connectivity index (χ0) is 18.1. The molecule has 1 saturated heterocycles. The second kappa shape index (κ2) is 6.74. The Balaban J connectivity index is 1.57. The van der Waals surface area contributed by atoms with Gasteiger partial charge in [-0.15, -0.1) is 10.2 Å². The van der Waals surface area contributed by atoms with Gasteiger partial charge in [0.15, 0.2) is 5.65 Å². The third-order valence-electron chi connectivity index (χ3n) is 4.86. The summed E-state index contributed by atoms with van der Waals surface area (Å²) in [5, 5.41) is 8.63. The quantitative estimate of drug-likeness (QED) is 0.724. The van der Waals surface area contributed by atoms with E-state index in [1.165, 1.54) is 0 Å². The van der Waals surface area contributed by atoms with Crippen LogP contribution in [0.1, 0.15) is 34.9 Å². The third kappa shape index (κ3) is 3.00. The lowest BCUT2D eigenvalue weighted by Crippen LogP contribution is -2.39. The van der Waals surface area contributed by atoms with Crippen LogP contribution in [0.2, 0.25) is 0 Å². The molecule has 3 aromatic rings. The Kier molecular flexibility index (Phi) is 4.28. The van der Waals surface area contributed by atoms with Gasteiger partial charge in [-0.2, -0.15) is 0 Å². The molecule has 0 unspecified atom stereocenters. The number of fused-ring (bicyclic) bond motifs is 1. The van der Waals surface area contributed by atoms with Crippen LogP contribution in [0.5, 0.6) is 0 Å². The summed E-state index contributed by atoms with van der Waals surface area (Å²) in [5.41, 5.74) is 1.52. The van der Waals surface area contributed by atoms with E-state index in [4.69, 9.17) is 0 Å². The number of anilines is 1. The Morgan fingerprint density at radius 2 is 2.12 bits per heavy atom. The summed E-state index contributed by atoms with van der Waals surface area (Å²) in [7, 11) is 3.84. The first kappa shape index (κ1) is 16.5. The van der Waals surface area contributed by atoms with Gasteiger partial charge >= 0.3 is 0 Å². The number of piperidine rings is 1. The van der Waals surface area contributed by atoms with Gasteiger partial charge in [0.2, 0.25) is 0 Å². The Bertz CT molecular complexity index is 934. The second-order valence-corrected chi connectivity index (χ2v) is 6.87. The van der Waals surface area contributed by atoms with Crippen LogP contribution in [-0.4, -0.2) is 57.6 Å². The van der Waals surface area contributed by atoms with Gasteiger partial charge in [0, 0.05) is 51.1 Å². The summed E-state index contributed by atoms with van der Waals surface area (Å²) in [4.78, 5) is 21.1. The van der Waals surface area contributed by atoms with E-state index in [0.717, 1.165) is 36.7 Å². The fraction of sp³-hybridized carbons (Fsp3) is 0.368. The monoisotopic (exact) mass is 350 g/mol. The number of hydrogen-bond donors (Lipinski definition) is 0. The van der Waals surface area contributed by atoms with Crippen LogP contribution in [0.15, 0.2) is 42.7 Å². The largest absolute Gasteiger partial charge is 0.363 e. The van der Waals surface area contributed by atoms with E-state index in [2.05, 4.69) is 15.2 Å². The number of amides is 1. The van der Waals surface area contributed by atoms with E-state index in [0.29, 0.717) is 12.1 Å². The van der Waals surface area contributed by atoms with E-state index in [1.807, 2.05) is 58.8 Å². The molecule has 0 aliphatic carbocycles. The highest BCUT2D eigenvalue weighted by Gasteiger charge is 2.28. The maximum absolute atomic E-state index is 13.0. The molecule has 4 heterocycles. The molecule has 26 heavy (non-hydrogen) atoms. The van der Waals surface area contributed by atoms with Crippen LogP contribution in [-0.2, 0) is 0 Å². The SMILES string of the molecule is CN(C)c1cc(C(=O)N2CCC[C@H](c3nnc4ccccn34)C2)ccn1. The maximum Gasteiger partial charge on any atom is 0.254 e. The first-order valence-corrected chi connectivity index (χ1v) is 8.86. The van der Waals surface area contributed by atoms with Crippen molar-refractivity contribution in [3.63, 3.8) is 0 Å². The topological polar surface area (TPSA) is 66.6 Å². The van der Waals surface area contributed by atoms with Gasteiger partial charge in [-0.05, 0) is 37.1 Å². The van der Waals surface area contributed by atoms with Crippen LogP contribution in [0.4, 0.5) is 5.82 Å². The Hall–Kier alpha value is -2.96. The van der Waals surface area contributed by atoms with E-state index in [1.54, 1.807) is 12.3 Å². The van der Waals surface area contributed by atoms with Gasteiger partial charge in [0.1, 0.15) is 11.6 Å². The van der Waals surface area contributed by atoms with Crippen LogP contribution in [0, 0.1) is 0 Å². The van der Waals surface area contributed by atoms with Crippen molar-refractivity contribution in [1.82, 2.24) is 24.5 Å². The van der Waals surface area contributed by atoms with Crippen LogP contribution >= 0.6 is 0 Å². The minimum Gasteiger partial charge on any atom is -0.363 e. The van der Waals surface area contributed by atoms with Gasteiger partial charge in [-0.25, -0.2) is 4.98 Å². The molecule has 1 aliphatic heterocycles. The first-order valence-electron chi connectivity index (χ1n) is 8.86. The van der Waals surface area contributed by atoms with Crippen molar-refractivity contribution in [1.29, 1.82) is 0 Å². The summed E-state index contributed by atoms with van der Waals surface area (Å²) in [6.45, 7) is 1.43. The average Bonchev–Trinajstić information content (AvgIpc) is 3.12. The molecular weight excluding hydrogens is 328 g/mol. The highest BCUT2D eigenvalue weighted by Crippen LogP contribution is 2.27. The van der Waals surface area contributed by atoms with Crippen molar-refractivity contribution in [2.24, 2.45) is 0 Å². The summed E-state index contributed by atoms with van der Waals surface area (Å²) < 4.78 is 2.02. The van der Waals surface area contributed by atoms with Crippen molar-refractivity contribution in [3.05, 3.63) is 54.1 Å². The number of nitrogens with zero attached hydrogens (tertiary/aromatic N) is 6. The highest BCUT2D eigenvalue weighted by atomic mass is 16.2. The molecule has 1 aliphatic rings. The fourth-order valence-corrected chi connectivity index (χ4v) is 3.49. The number of rotatable bonds is 3. The van der Waals surface area contributed by atoms with Gasteiger partial charge in [0.05, 0.1) is 0 Å². The predicted octanol–water partition coefficient (Wildman–Crippen LogP) is 2.21. The number of pyridine rings is 2. The molecule has 7 nitrogen and oxygen atoms in total. The van der Waals surface area contributed by atoms with Crippen molar-refractivity contribution >= 4 is 17.4 Å². The van der Waals surface area contributed by atoms with Crippen molar-refractivity contribution in [3.8, 4) is 0 Å². The van der Waals surface area contributed by atoms with Crippen LogP contribution < -0.4 is 4.90 Å². The minimum absolute atomic E-state index is 0.0500. The molecule has 1 atom stereocenters. The third-order valence-corrected chi connectivity index (χ3v) is 4.86. The van der Waals surface area contributed by atoms with E-state index < -0.39 is 0 Å². The van der Waals surface area contributed by atoms with Crippen molar-refractivity contribution in [2.45, 2.75) is 18.8 Å². The molecule has 1 amide bonds. The second-order valence-electron chi connectivity index (χ2n) is 6.87. The van der Waals surface area contributed by atoms with Gasteiger partial charge in [-0.1, -0.05) is 6.07 Å². The van der Waals surface area contributed by atoms with Crippen molar-refractivity contribution < 1.29 is 4.79 Å². The van der Waals surface area contributed by atoms with Gasteiger partial charge in [-0.3, -0.25) is 9.20 Å². The molecule has 7 heteroatoms. The molecule has 4 rings (SSSR count). The lowest BCUT2D eigenvalue weighted by molar-refractivity contribution is 0.0704. The zero-order valence-corrected chi connectivity index (χ0v) is 15.0. The van der Waals surface area contributed by atoms with Gasteiger partial charge in [0.25, 0.3) is 5.91 Å². The van der Waals surface area contributed by atoms with Crippen molar-refractivity contribution in [2.75, 3.05) is 32.1 Å². The lowest BCUT2D eigenvalue weighted by atomic mass is 9.96. The lowest BCUT2D eigenvalue weighted by Gasteiger charge is -2.32. The number of likely N-dealkylation sites (tertiary alicyclic amines) is 1. The summed E-state index contributed by atoms with van der Waals surface area (Å²) in [6.07, 6.45) is 5.65. The molecule has 0 aromatic carbocycles. The van der Waals surface area contributed by atoms with E-state index in [9.17, 15) is 4.79 Å². The smallest absolute Gasteiger partial charge is 0.254 e. The Morgan fingerprint density at radius 3 is 2.96 bits per heavy atom. The Morgan fingerprint density at radius 1 is 1.23 bits per heavy atom.